The van der Waals surface area contributed by atoms with Gasteiger partial charge < -0.3 is 19.5 Å². The first-order valence-electron chi connectivity index (χ1n) is 8.33. The van der Waals surface area contributed by atoms with Gasteiger partial charge in [-0.15, -0.1) is 0 Å². The molecule has 2 aromatic carbocycles. The smallest absolute Gasteiger partial charge is 0.255 e. The van der Waals surface area contributed by atoms with Crippen LogP contribution in [0.4, 0.5) is 5.69 Å². The van der Waals surface area contributed by atoms with Crippen LogP contribution in [-0.2, 0) is 0 Å². The lowest BCUT2D eigenvalue weighted by molar-refractivity contribution is 0.0620. The Morgan fingerprint density at radius 3 is 2.52 bits per heavy atom. The van der Waals surface area contributed by atoms with Crippen LogP contribution in [0, 0.1) is 0 Å². The number of nitrogens with one attached hydrogen (secondary N) is 1. The number of benzene rings is 2. The van der Waals surface area contributed by atoms with E-state index in [1.54, 1.807) is 30.3 Å². The molecule has 1 N–H and O–H groups in total. The third kappa shape index (κ3) is 3.85. The normalized spacial score (nSPS) is 14.8. The number of Topliss-reactive ketones (excluding diaryl/α,β-unsaturated/α-hetero) is 1. The molecule has 142 valence electrons. The van der Waals surface area contributed by atoms with Crippen LogP contribution in [0.5, 0.6) is 17.2 Å². The highest BCUT2D eigenvalue weighted by atomic mass is 35.5. The van der Waals surface area contributed by atoms with Gasteiger partial charge in [-0.25, -0.2) is 0 Å². The zero-order chi connectivity index (χ0) is 19.8. The first-order chi connectivity index (χ1) is 12.7. The predicted octanol–water partition coefficient (Wildman–Crippen LogP) is 4.35. The van der Waals surface area contributed by atoms with Gasteiger partial charge in [0.15, 0.2) is 5.78 Å². The topological polar surface area (TPSA) is 73.9 Å². The fourth-order valence-electron chi connectivity index (χ4n) is 2.95. The summed E-state index contributed by atoms with van der Waals surface area (Å²) >= 11 is 6.08. The van der Waals surface area contributed by atoms with Crippen LogP contribution < -0.4 is 19.5 Å². The number of hydrogen-bond acceptors (Lipinski definition) is 5. The molecule has 6 nitrogen and oxygen atoms in total. The quantitative estimate of drug-likeness (QED) is 0.841. The van der Waals surface area contributed by atoms with Gasteiger partial charge in [0.05, 0.1) is 36.9 Å². The second-order valence-electron chi connectivity index (χ2n) is 6.81. The third-order valence-corrected chi connectivity index (χ3v) is 4.53. The molecule has 1 heterocycles. The lowest BCUT2D eigenvalue weighted by atomic mass is 9.92. The summed E-state index contributed by atoms with van der Waals surface area (Å²) in [4.78, 5) is 25.1. The molecular weight excluding hydrogens is 370 g/mol. The van der Waals surface area contributed by atoms with Crippen molar-refractivity contribution in [2.45, 2.75) is 25.9 Å². The largest absolute Gasteiger partial charge is 0.495 e. The molecular formula is C20H20ClNO5. The second kappa shape index (κ2) is 7.12. The van der Waals surface area contributed by atoms with Crippen LogP contribution in [0.1, 0.15) is 41.0 Å². The summed E-state index contributed by atoms with van der Waals surface area (Å²) in [5.41, 5.74) is 0.593. The van der Waals surface area contributed by atoms with Crippen molar-refractivity contribution in [2.75, 3.05) is 19.5 Å². The number of amides is 1. The zero-order valence-electron chi connectivity index (χ0n) is 15.5. The predicted molar refractivity (Wildman–Crippen MR) is 103 cm³/mol. The molecule has 0 unspecified atom stereocenters. The number of rotatable bonds is 4. The number of anilines is 1. The van der Waals surface area contributed by atoms with E-state index >= 15 is 0 Å². The number of carbonyl (C=O) groups is 2. The van der Waals surface area contributed by atoms with Crippen molar-refractivity contribution in [3.63, 3.8) is 0 Å². The van der Waals surface area contributed by atoms with E-state index in [2.05, 4.69) is 5.32 Å². The summed E-state index contributed by atoms with van der Waals surface area (Å²) < 4.78 is 16.3. The van der Waals surface area contributed by atoms with Crippen LogP contribution in [0.3, 0.4) is 0 Å². The van der Waals surface area contributed by atoms with Gasteiger partial charge in [-0.2, -0.15) is 0 Å². The Bertz CT molecular complexity index is 923. The minimum atomic E-state index is -0.554. The molecule has 1 aliphatic heterocycles. The molecule has 1 amide bonds. The summed E-state index contributed by atoms with van der Waals surface area (Å²) in [7, 11) is 2.96. The molecule has 0 saturated heterocycles. The molecule has 2 aromatic rings. The van der Waals surface area contributed by atoms with E-state index in [4.69, 9.17) is 25.8 Å². The van der Waals surface area contributed by atoms with Gasteiger partial charge in [0, 0.05) is 17.7 Å². The maximum absolute atomic E-state index is 12.7. The van der Waals surface area contributed by atoms with Crippen molar-refractivity contribution in [1.82, 2.24) is 0 Å². The fourth-order valence-corrected chi connectivity index (χ4v) is 3.18. The average molecular weight is 390 g/mol. The van der Waals surface area contributed by atoms with Crippen molar-refractivity contribution in [3.05, 3.63) is 46.5 Å². The van der Waals surface area contributed by atoms with Gasteiger partial charge in [0.1, 0.15) is 22.8 Å². The molecule has 3 rings (SSSR count). The first-order valence-corrected chi connectivity index (χ1v) is 8.71. The first kappa shape index (κ1) is 19.0. The number of carbonyl (C=O) groups excluding carboxylic acids is 2. The van der Waals surface area contributed by atoms with Gasteiger partial charge in [0.2, 0.25) is 0 Å². The Morgan fingerprint density at radius 2 is 1.85 bits per heavy atom. The maximum Gasteiger partial charge on any atom is 0.255 e. The Kier molecular flexibility index (Phi) is 5.02. The van der Waals surface area contributed by atoms with Gasteiger partial charge in [-0.05, 0) is 32.0 Å². The molecule has 0 saturated carbocycles. The van der Waals surface area contributed by atoms with E-state index in [1.165, 1.54) is 14.2 Å². The van der Waals surface area contributed by atoms with E-state index in [9.17, 15) is 9.59 Å². The summed E-state index contributed by atoms with van der Waals surface area (Å²) in [6.07, 6.45) is 0.257. The van der Waals surface area contributed by atoms with E-state index in [0.717, 1.165) is 0 Å². The number of methoxy groups -OCH3 is 2. The van der Waals surface area contributed by atoms with Crippen molar-refractivity contribution in [3.8, 4) is 17.2 Å². The van der Waals surface area contributed by atoms with Crippen LogP contribution >= 0.6 is 11.6 Å². The lowest BCUT2D eigenvalue weighted by Crippen LogP contribution is -2.36. The number of hydrogen-bond donors (Lipinski definition) is 1. The highest BCUT2D eigenvalue weighted by molar-refractivity contribution is 6.32. The molecule has 0 fully saturated rings. The standard InChI is InChI=1S/C20H20ClNO5/c1-20(2)10-15(23)12-7-11(5-6-16(12)27-20)19(24)22-14-9-17(25-3)13(21)8-18(14)26-4/h5-9H,10H2,1-4H3,(H,22,24). The van der Waals surface area contributed by atoms with Crippen molar-refractivity contribution >= 4 is 29.0 Å². The van der Waals surface area contributed by atoms with E-state index < -0.39 is 11.5 Å². The fraction of sp³-hybridized carbons (Fsp3) is 0.300. The Balaban J connectivity index is 1.90. The van der Waals surface area contributed by atoms with Gasteiger partial charge in [-0.1, -0.05) is 11.6 Å². The van der Waals surface area contributed by atoms with Crippen LogP contribution in [-0.4, -0.2) is 31.5 Å². The average Bonchev–Trinajstić information content (AvgIpc) is 2.61. The van der Waals surface area contributed by atoms with Gasteiger partial charge in [-0.3, -0.25) is 9.59 Å². The minimum Gasteiger partial charge on any atom is -0.495 e. The van der Waals surface area contributed by atoms with Crippen LogP contribution in [0.25, 0.3) is 0 Å². The number of ether oxygens (including phenoxy) is 3. The van der Waals surface area contributed by atoms with Crippen LogP contribution in [0.2, 0.25) is 5.02 Å². The van der Waals surface area contributed by atoms with Crippen molar-refractivity contribution in [1.29, 1.82) is 0 Å². The van der Waals surface area contributed by atoms with Crippen molar-refractivity contribution in [2.24, 2.45) is 0 Å². The number of ketones is 1. The summed E-state index contributed by atoms with van der Waals surface area (Å²) in [5, 5.41) is 3.13. The summed E-state index contributed by atoms with van der Waals surface area (Å²) in [5.74, 6) is 0.843. The summed E-state index contributed by atoms with van der Waals surface area (Å²) in [6.45, 7) is 3.71. The maximum atomic E-state index is 12.7. The van der Waals surface area contributed by atoms with E-state index in [0.29, 0.717) is 39.1 Å². The van der Waals surface area contributed by atoms with E-state index in [-0.39, 0.29) is 12.2 Å². The molecule has 0 aliphatic carbocycles. The summed E-state index contributed by atoms with van der Waals surface area (Å²) in [6, 6.07) is 7.93. The minimum absolute atomic E-state index is 0.0540. The Labute approximate surface area is 162 Å². The molecule has 0 radical (unpaired) electrons. The molecule has 0 bridgehead atoms. The Morgan fingerprint density at radius 1 is 1.15 bits per heavy atom. The molecule has 0 atom stereocenters. The molecule has 0 aromatic heterocycles. The molecule has 1 aliphatic rings. The number of fused-ring (bicyclic) bond motifs is 1. The number of halogens is 1. The molecule has 0 spiro atoms. The zero-order valence-corrected chi connectivity index (χ0v) is 16.3. The van der Waals surface area contributed by atoms with E-state index in [1.807, 2.05) is 13.8 Å². The van der Waals surface area contributed by atoms with Gasteiger partial charge in [0.25, 0.3) is 5.91 Å². The van der Waals surface area contributed by atoms with Gasteiger partial charge >= 0.3 is 0 Å². The SMILES string of the molecule is COc1cc(NC(=O)c2ccc3c(c2)C(=O)CC(C)(C)O3)c(OC)cc1Cl. The highest BCUT2D eigenvalue weighted by Crippen LogP contribution is 2.37. The Hall–Kier alpha value is -2.73. The molecule has 27 heavy (non-hydrogen) atoms. The highest BCUT2D eigenvalue weighted by Gasteiger charge is 2.32. The molecule has 7 heteroatoms. The monoisotopic (exact) mass is 389 g/mol. The van der Waals surface area contributed by atoms with Crippen LogP contribution in [0.15, 0.2) is 30.3 Å². The van der Waals surface area contributed by atoms with Crippen molar-refractivity contribution < 1.29 is 23.8 Å². The third-order valence-electron chi connectivity index (χ3n) is 4.24. The second-order valence-corrected chi connectivity index (χ2v) is 7.22. The lowest BCUT2D eigenvalue weighted by Gasteiger charge is -2.31.